The fourth-order valence-corrected chi connectivity index (χ4v) is 3.04. The summed E-state index contributed by atoms with van der Waals surface area (Å²) in [6.45, 7) is 0.163. The third-order valence-corrected chi connectivity index (χ3v) is 4.05. The molecule has 2 N–H and O–H groups in total. The number of carbonyl (C=O) groups excluding carboxylic acids is 1. The molecule has 0 spiro atoms. The van der Waals surface area contributed by atoms with Crippen molar-refractivity contribution in [1.29, 1.82) is 0 Å². The molecule has 0 radical (unpaired) electrons. The number of nitrogens with zero attached hydrogens (tertiary/aromatic N) is 1. The maximum Gasteiger partial charge on any atom is 0.326 e. The lowest BCUT2D eigenvalue weighted by Gasteiger charge is -2.11. The van der Waals surface area contributed by atoms with Gasteiger partial charge in [0, 0.05) is 18.7 Å². The van der Waals surface area contributed by atoms with E-state index in [1.165, 1.54) is 20.0 Å². The summed E-state index contributed by atoms with van der Waals surface area (Å²) in [4.78, 5) is 26.9. The summed E-state index contributed by atoms with van der Waals surface area (Å²) in [6, 6.07) is 5.58. The third-order valence-electron chi connectivity index (χ3n) is 4.05. The summed E-state index contributed by atoms with van der Waals surface area (Å²) < 4.78 is 6.65. The fraction of sp³-hybridized carbons (Fsp3) is 0.467. The lowest BCUT2D eigenvalue weighted by atomic mass is 10.1. The van der Waals surface area contributed by atoms with Crippen LogP contribution in [0.4, 0.5) is 0 Å². The highest BCUT2D eigenvalue weighted by Gasteiger charge is 2.21. The Bertz CT molecular complexity index is 711. The van der Waals surface area contributed by atoms with Gasteiger partial charge in [-0.3, -0.25) is 9.36 Å². The Morgan fingerprint density at radius 3 is 2.90 bits per heavy atom. The molecule has 21 heavy (non-hydrogen) atoms. The van der Waals surface area contributed by atoms with Crippen LogP contribution in [0.25, 0.3) is 11.0 Å². The number of H-pyrrole nitrogens is 1. The Morgan fingerprint density at radius 2 is 2.19 bits per heavy atom. The minimum absolute atomic E-state index is 0.0913. The van der Waals surface area contributed by atoms with Gasteiger partial charge in [-0.25, -0.2) is 4.79 Å². The highest BCUT2D eigenvalue weighted by Crippen LogP contribution is 2.30. The first-order valence-corrected chi connectivity index (χ1v) is 7.22. The molecule has 2 aromatic rings. The van der Waals surface area contributed by atoms with Crippen LogP contribution >= 0.6 is 0 Å². The molecule has 0 aliphatic heterocycles. The van der Waals surface area contributed by atoms with Gasteiger partial charge in [-0.15, -0.1) is 0 Å². The van der Waals surface area contributed by atoms with Gasteiger partial charge >= 0.3 is 5.69 Å². The molecule has 1 heterocycles. The van der Waals surface area contributed by atoms with E-state index in [4.69, 9.17) is 4.74 Å². The number of carbonyl (C=O) groups is 1. The van der Waals surface area contributed by atoms with E-state index in [1.54, 1.807) is 12.1 Å². The van der Waals surface area contributed by atoms with Gasteiger partial charge in [-0.2, -0.15) is 0 Å². The number of methoxy groups -OCH3 is 1. The van der Waals surface area contributed by atoms with Gasteiger partial charge < -0.3 is 15.0 Å². The molecule has 112 valence electrons. The van der Waals surface area contributed by atoms with E-state index in [1.807, 2.05) is 10.6 Å². The SMILES string of the molecule is COCNC(=O)c1ccc2c(c1)[nH]c(=O)n2C1CCCC1. The van der Waals surface area contributed by atoms with Crippen LogP contribution in [-0.4, -0.2) is 29.3 Å². The van der Waals surface area contributed by atoms with Gasteiger partial charge in [0.15, 0.2) is 0 Å². The number of fused-ring (bicyclic) bond motifs is 1. The maximum absolute atomic E-state index is 12.2. The lowest BCUT2D eigenvalue weighted by molar-refractivity contribution is 0.0872. The molecule has 1 saturated carbocycles. The Labute approximate surface area is 122 Å². The molecule has 1 amide bonds. The molecule has 1 aliphatic carbocycles. The summed E-state index contributed by atoms with van der Waals surface area (Å²) in [5.74, 6) is -0.215. The molecule has 3 rings (SSSR count). The van der Waals surface area contributed by atoms with E-state index in [0.29, 0.717) is 11.1 Å². The largest absolute Gasteiger partial charge is 0.364 e. The minimum atomic E-state index is -0.215. The van der Waals surface area contributed by atoms with E-state index in [-0.39, 0.29) is 24.4 Å². The minimum Gasteiger partial charge on any atom is -0.364 e. The predicted octanol–water partition coefficient (Wildman–Crippen LogP) is 1.78. The molecule has 0 unspecified atom stereocenters. The van der Waals surface area contributed by atoms with Crippen molar-refractivity contribution >= 4 is 16.9 Å². The normalized spacial score (nSPS) is 15.7. The summed E-state index contributed by atoms with van der Waals surface area (Å²) in [5, 5.41) is 2.63. The highest BCUT2D eigenvalue weighted by molar-refractivity contribution is 5.97. The van der Waals surface area contributed by atoms with E-state index in [0.717, 1.165) is 18.4 Å². The zero-order valence-corrected chi connectivity index (χ0v) is 12.0. The Balaban J connectivity index is 1.96. The number of rotatable bonds is 4. The van der Waals surface area contributed by atoms with Crippen molar-refractivity contribution < 1.29 is 9.53 Å². The Morgan fingerprint density at radius 1 is 1.43 bits per heavy atom. The van der Waals surface area contributed by atoms with Gasteiger partial charge in [0.05, 0.1) is 11.0 Å². The average molecular weight is 289 g/mol. The number of imidazole rings is 1. The molecular weight excluding hydrogens is 270 g/mol. The zero-order chi connectivity index (χ0) is 14.8. The topological polar surface area (TPSA) is 76.1 Å². The molecule has 0 saturated heterocycles. The highest BCUT2D eigenvalue weighted by atomic mass is 16.5. The maximum atomic E-state index is 12.2. The van der Waals surface area contributed by atoms with Gasteiger partial charge in [-0.05, 0) is 31.0 Å². The van der Waals surface area contributed by atoms with Crippen LogP contribution in [0.1, 0.15) is 42.1 Å². The predicted molar refractivity (Wildman–Crippen MR) is 79.4 cm³/mol. The van der Waals surface area contributed by atoms with Crippen LogP contribution < -0.4 is 11.0 Å². The first kappa shape index (κ1) is 13.9. The standard InChI is InChI=1S/C15H19N3O3/c1-21-9-16-14(19)10-6-7-13-12(8-10)17-15(20)18(13)11-4-2-3-5-11/h6-8,11H,2-5,9H2,1H3,(H,16,19)(H,17,20). The van der Waals surface area contributed by atoms with Crippen molar-refractivity contribution in [3.63, 3.8) is 0 Å². The number of hydrogen-bond donors (Lipinski definition) is 2. The van der Waals surface area contributed by atoms with Gasteiger partial charge in [0.25, 0.3) is 5.91 Å². The second-order valence-corrected chi connectivity index (χ2v) is 5.41. The van der Waals surface area contributed by atoms with Crippen molar-refractivity contribution in [3.8, 4) is 0 Å². The molecule has 0 atom stereocenters. The van der Waals surface area contributed by atoms with Gasteiger partial charge in [0.1, 0.15) is 6.73 Å². The monoisotopic (exact) mass is 289 g/mol. The Kier molecular flexibility index (Phi) is 3.79. The van der Waals surface area contributed by atoms with Crippen molar-refractivity contribution in [2.45, 2.75) is 31.7 Å². The smallest absolute Gasteiger partial charge is 0.326 e. The summed E-state index contributed by atoms with van der Waals surface area (Å²) >= 11 is 0. The number of aromatic amines is 1. The number of nitrogens with one attached hydrogen (secondary N) is 2. The average Bonchev–Trinajstić information content (AvgIpc) is 3.09. The lowest BCUT2D eigenvalue weighted by Crippen LogP contribution is -2.25. The second kappa shape index (κ2) is 5.73. The molecule has 0 bridgehead atoms. The Hall–Kier alpha value is -2.08. The number of hydrogen-bond acceptors (Lipinski definition) is 3. The molecule has 1 aromatic heterocycles. The number of aromatic nitrogens is 2. The van der Waals surface area contributed by atoms with E-state index in [2.05, 4.69) is 10.3 Å². The molecular formula is C15H19N3O3. The van der Waals surface area contributed by atoms with Crippen LogP contribution in [0.2, 0.25) is 0 Å². The van der Waals surface area contributed by atoms with Gasteiger partial charge in [-0.1, -0.05) is 12.8 Å². The third kappa shape index (κ3) is 2.58. The number of benzene rings is 1. The zero-order valence-electron chi connectivity index (χ0n) is 12.0. The molecule has 6 nitrogen and oxygen atoms in total. The van der Waals surface area contributed by atoms with E-state index in [9.17, 15) is 9.59 Å². The first-order chi connectivity index (χ1) is 10.2. The van der Waals surface area contributed by atoms with E-state index >= 15 is 0 Å². The molecule has 1 aliphatic rings. The quantitative estimate of drug-likeness (QED) is 0.842. The number of amides is 1. The summed E-state index contributed by atoms with van der Waals surface area (Å²) in [7, 11) is 1.52. The van der Waals surface area contributed by atoms with Crippen LogP contribution in [0, 0.1) is 0 Å². The van der Waals surface area contributed by atoms with Crippen molar-refractivity contribution in [1.82, 2.24) is 14.9 Å². The molecule has 6 heteroatoms. The van der Waals surface area contributed by atoms with Crippen molar-refractivity contribution in [2.75, 3.05) is 13.8 Å². The summed E-state index contributed by atoms with van der Waals surface area (Å²) in [6.07, 6.45) is 4.43. The van der Waals surface area contributed by atoms with Crippen LogP contribution in [-0.2, 0) is 4.74 Å². The van der Waals surface area contributed by atoms with Crippen LogP contribution in [0.15, 0.2) is 23.0 Å². The van der Waals surface area contributed by atoms with Crippen molar-refractivity contribution in [3.05, 3.63) is 34.2 Å². The van der Waals surface area contributed by atoms with Crippen LogP contribution in [0.3, 0.4) is 0 Å². The first-order valence-electron chi connectivity index (χ1n) is 7.22. The van der Waals surface area contributed by atoms with Gasteiger partial charge in [0.2, 0.25) is 0 Å². The summed E-state index contributed by atoms with van der Waals surface area (Å²) in [5.41, 5.74) is 2.00. The second-order valence-electron chi connectivity index (χ2n) is 5.41. The molecule has 1 aromatic carbocycles. The van der Waals surface area contributed by atoms with E-state index < -0.39 is 0 Å². The van der Waals surface area contributed by atoms with Crippen LogP contribution in [0.5, 0.6) is 0 Å². The van der Waals surface area contributed by atoms with Crippen molar-refractivity contribution in [2.24, 2.45) is 0 Å². The number of ether oxygens (including phenoxy) is 1. The molecule has 1 fully saturated rings. The fourth-order valence-electron chi connectivity index (χ4n) is 3.04.